The quantitative estimate of drug-likeness (QED) is 0.432. The molecule has 2 N–H and O–H groups in total. The Kier molecular flexibility index (Phi) is 8.05. The van der Waals surface area contributed by atoms with Crippen LogP contribution in [0.15, 0.2) is 71.7 Å². The van der Waals surface area contributed by atoms with Gasteiger partial charge in [-0.2, -0.15) is 4.98 Å². The van der Waals surface area contributed by atoms with E-state index in [9.17, 15) is 9.59 Å². The Morgan fingerprint density at radius 2 is 1.72 bits per heavy atom. The third kappa shape index (κ3) is 5.93. The van der Waals surface area contributed by atoms with Gasteiger partial charge >= 0.3 is 11.7 Å². The smallest absolute Gasteiger partial charge is 0.351 e. The normalized spacial score (nSPS) is 23.5. The average Bonchev–Trinajstić information content (AvgIpc) is 3.12. The Morgan fingerprint density at radius 3 is 2.33 bits per heavy atom. The summed E-state index contributed by atoms with van der Waals surface area (Å²) in [7, 11) is 0. The molecular weight excluding hydrogens is 486 g/mol. The van der Waals surface area contributed by atoms with Gasteiger partial charge in [-0.1, -0.05) is 72.3 Å². The molecule has 4 atom stereocenters. The molecule has 4 rings (SSSR count). The van der Waals surface area contributed by atoms with Crippen LogP contribution >= 0.6 is 11.6 Å². The molecule has 0 bridgehead atoms. The average molecular weight is 514 g/mol. The molecule has 4 unspecified atom stereocenters. The fraction of sp³-hybridized carbons (Fsp3) is 0.346. The van der Waals surface area contributed by atoms with Crippen LogP contribution in [0.5, 0.6) is 0 Å². The van der Waals surface area contributed by atoms with Crippen LogP contribution in [0.3, 0.4) is 0 Å². The minimum absolute atomic E-state index is 0.0652. The molecule has 0 radical (unpaired) electrons. The number of hydrogen-bond acceptors (Lipinski definition) is 8. The molecule has 0 spiro atoms. The SMILES string of the molecule is CC(=O)OC1C(n2cc(Cl)c(N)nc2=O)OC(C)(COCc2ccccc2)C1OCc1ccccc1. The number of ether oxygens (including phenoxy) is 4. The highest BCUT2D eigenvalue weighted by atomic mass is 35.5. The van der Waals surface area contributed by atoms with Crippen LogP contribution in [0.25, 0.3) is 0 Å². The van der Waals surface area contributed by atoms with Gasteiger partial charge in [-0.3, -0.25) is 9.36 Å². The van der Waals surface area contributed by atoms with Crippen LogP contribution in [-0.2, 0) is 37.0 Å². The van der Waals surface area contributed by atoms with Gasteiger partial charge in [0.1, 0.15) is 17.5 Å². The number of carbonyl (C=O) groups is 1. The Balaban J connectivity index is 1.65. The molecule has 1 aliphatic rings. The van der Waals surface area contributed by atoms with E-state index >= 15 is 0 Å². The number of halogens is 1. The molecular formula is C26H28ClN3O6. The maximum atomic E-state index is 12.7. The molecule has 3 aromatic rings. The fourth-order valence-corrected chi connectivity index (χ4v) is 4.31. The van der Waals surface area contributed by atoms with Crippen LogP contribution < -0.4 is 11.4 Å². The van der Waals surface area contributed by atoms with Crippen molar-refractivity contribution < 1.29 is 23.7 Å². The standard InChI is InChI=1S/C26H28ClN3O6/c1-17(31)35-21-22(34-15-19-11-7-4-8-12-19)26(2,16-33-14-18-9-5-3-6-10-18)36-24(21)30-13-20(27)23(28)29-25(30)32/h3-13,21-22,24H,14-16H2,1-2H3,(H2,28,29,32). The van der Waals surface area contributed by atoms with Gasteiger partial charge in [-0.15, -0.1) is 0 Å². The molecule has 1 fully saturated rings. The van der Waals surface area contributed by atoms with Crippen molar-refractivity contribution in [1.82, 2.24) is 9.55 Å². The second-order valence-corrected chi connectivity index (χ2v) is 9.16. The van der Waals surface area contributed by atoms with E-state index in [0.29, 0.717) is 6.61 Å². The summed E-state index contributed by atoms with van der Waals surface area (Å²) in [6, 6.07) is 19.2. The molecule has 9 nitrogen and oxygen atoms in total. The second-order valence-electron chi connectivity index (χ2n) is 8.75. The molecule has 10 heteroatoms. The molecule has 36 heavy (non-hydrogen) atoms. The molecule has 2 aromatic carbocycles. The fourth-order valence-electron chi connectivity index (χ4n) is 4.17. The second kappa shape index (κ2) is 11.2. The zero-order valence-electron chi connectivity index (χ0n) is 20.0. The maximum Gasteiger partial charge on any atom is 0.351 e. The first-order valence-corrected chi connectivity index (χ1v) is 11.8. The first-order chi connectivity index (χ1) is 17.3. The Morgan fingerprint density at radius 1 is 1.11 bits per heavy atom. The monoisotopic (exact) mass is 513 g/mol. The van der Waals surface area contributed by atoms with E-state index in [-0.39, 0.29) is 24.1 Å². The van der Waals surface area contributed by atoms with E-state index in [0.717, 1.165) is 15.7 Å². The summed E-state index contributed by atoms with van der Waals surface area (Å²) in [5.74, 6) is -0.662. The van der Waals surface area contributed by atoms with Crippen molar-refractivity contribution in [2.75, 3.05) is 12.3 Å². The number of esters is 1. The predicted molar refractivity (Wildman–Crippen MR) is 133 cm³/mol. The number of nitrogens with two attached hydrogens (primary N) is 1. The molecule has 2 heterocycles. The first-order valence-electron chi connectivity index (χ1n) is 11.4. The number of anilines is 1. The number of nitrogens with zero attached hydrogens (tertiary/aromatic N) is 2. The Hall–Kier alpha value is -3.24. The van der Waals surface area contributed by atoms with Gasteiger partial charge in [-0.05, 0) is 18.1 Å². The number of benzene rings is 2. The number of carbonyl (C=O) groups excluding carboxylic acids is 1. The largest absolute Gasteiger partial charge is 0.455 e. The van der Waals surface area contributed by atoms with Gasteiger partial charge in [0.2, 0.25) is 0 Å². The minimum atomic E-state index is -1.10. The van der Waals surface area contributed by atoms with Gasteiger partial charge in [0.25, 0.3) is 0 Å². The molecule has 1 aliphatic heterocycles. The summed E-state index contributed by atoms with van der Waals surface area (Å²) < 4.78 is 25.5. The number of hydrogen-bond donors (Lipinski definition) is 1. The lowest BCUT2D eigenvalue weighted by molar-refractivity contribution is -0.159. The van der Waals surface area contributed by atoms with Gasteiger partial charge < -0.3 is 24.7 Å². The topological polar surface area (TPSA) is 115 Å². The summed E-state index contributed by atoms with van der Waals surface area (Å²) in [5, 5.41) is 0.0652. The van der Waals surface area contributed by atoms with E-state index in [1.54, 1.807) is 6.92 Å². The van der Waals surface area contributed by atoms with Gasteiger partial charge in [-0.25, -0.2) is 4.79 Å². The highest BCUT2D eigenvalue weighted by Gasteiger charge is 2.56. The molecule has 1 saturated heterocycles. The van der Waals surface area contributed by atoms with Crippen LogP contribution in [-0.4, -0.2) is 39.9 Å². The van der Waals surface area contributed by atoms with Gasteiger partial charge in [0.05, 0.1) is 24.8 Å². The Bertz CT molecular complexity index is 1240. The van der Waals surface area contributed by atoms with Crippen molar-refractivity contribution >= 4 is 23.4 Å². The van der Waals surface area contributed by atoms with E-state index in [4.69, 9.17) is 36.3 Å². The molecule has 0 aliphatic carbocycles. The lowest BCUT2D eigenvalue weighted by Gasteiger charge is -2.31. The lowest BCUT2D eigenvalue weighted by atomic mass is 9.97. The van der Waals surface area contributed by atoms with E-state index < -0.39 is 35.7 Å². The third-order valence-electron chi connectivity index (χ3n) is 5.85. The molecule has 190 valence electrons. The predicted octanol–water partition coefficient (Wildman–Crippen LogP) is 3.50. The summed E-state index contributed by atoms with van der Waals surface area (Å²) in [4.78, 5) is 28.6. The highest BCUT2D eigenvalue weighted by molar-refractivity contribution is 6.32. The van der Waals surface area contributed by atoms with Crippen molar-refractivity contribution in [3.05, 3.63) is 93.5 Å². The number of aromatic nitrogens is 2. The van der Waals surface area contributed by atoms with Crippen molar-refractivity contribution in [3.8, 4) is 0 Å². The van der Waals surface area contributed by atoms with Crippen molar-refractivity contribution in [3.63, 3.8) is 0 Å². The highest BCUT2D eigenvalue weighted by Crippen LogP contribution is 2.41. The van der Waals surface area contributed by atoms with Crippen molar-refractivity contribution in [2.45, 2.75) is 51.1 Å². The minimum Gasteiger partial charge on any atom is -0.455 e. The number of nitrogen functional groups attached to an aromatic ring is 1. The van der Waals surface area contributed by atoms with E-state index in [1.165, 1.54) is 13.1 Å². The zero-order chi connectivity index (χ0) is 25.7. The maximum absolute atomic E-state index is 12.7. The summed E-state index contributed by atoms with van der Waals surface area (Å²) in [6.45, 7) is 3.73. The first kappa shape index (κ1) is 25.8. The van der Waals surface area contributed by atoms with Gasteiger partial charge in [0, 0.05) is 13.1 Å². The number of rotatable bonds is 9. The zero-order valence-corrected chi connectivity index (χ0v) is 20.8. The van der Waals surface area contributed by atoms with Crippen molar-refractivity contribution in [1.29, 1.82) is 0 Å². The van der Waals surface area contributed by atoms with E-state index in [1.807, 2.05) is 60.7 Å². The van der Waals surface area contributed by atoms with Crippen LogP contribution in [0.4, 0.5) is 5.82 Å². The van der Waals surface area contributed by atoms with Crippen LogP contribution in [0, 0.1) is 0 Å². The van der Waals surface area contributed by atoms with Gasteiger partial charge in [0.15, 0.2) is 12.3 Å². The lowest BCUT2D eigenvalue weighted by Crippen LogP contribution is -2.47. The summed E-state index contributed by atoms with van der Waals surface area (Å²) >= 11 is 6.15. The summed E-state index contributed by atoms with van der Waals surface area (Å²) in [5.41, 5.74) is 5.80. The molecule has 0 amide bonds. The van der Waals surface area contributed by atoms with Crippen LogP contribution in [0.1, 0.15) is 31.2 Å². The third-order valence-corrected chi connectivity index (χ3v) is 6.15. The Labute approximate surface area is 213 Å². The van der Waals surface area contributed by atoms with Crippen LogP contribution in [0.2, 0.25) is 5.02 Å². The van der Waals surface area contributed by atoms with E-state index in [2.05, 4.69) is 4.98 Å². The van der Waals surface area contributed by atoms with Crippen molar-refractivity contribution in [2.24, 2.45) is 0 Å². The molecule has 0 saturated carbocycles. The molecule has 1 aromatic heterocycles. The summed E-state index contributed by atoms with van der Waals surface area (Å²) in [6.07, 6.45) is -1.53.